The van der Waals surface area contributed by atoms with Crippen LogP contribution < -0.4 is 5.32 Å². The normalized spacial score (nSPS) is 21.5. The van der Waals surface area contributed by atoms with Gasteiger partial charge >= 0.3 is 0 Å². The van der Waals surface area contributed by atoms with Crippen LogP contribution in [0.5, 0.6) is 0 Å². The number of piperidine rings is 1. The molecule has 2 heterocycles. The second-order valence-corrected chi connectivity index (χ2v) is 6.75. The van der Waals surface area contributed by atoms with Crippen LogP contribution in [-0.4, -0.2) is 28.0 Å². The number of rotatable bonds is 7. The number of aryl methyl sites for hydroxylation is 1. The van der Waals surface area contributed by atoms with Gasteiger partial charge in [0.1, 0.15) is 0 Å². The van der Waals surface area contributed by atoms with Gasteiger partial charge in [0.2, 0.25) is 5.89 Å². The summed E-state index contributed by atoms with van der Waals surface area (Å²) in [6.07, 6.45) is 7.14. The van der Waals surface area contributed by atoms with Gasteiger partial charge in [-0.1, -0.05) is 25.4 Å². The van der Waals surface area contributed by atoms with Gasteiger partial charge in [0.05, 0.1) is 5.75 Å². The van der Waals surface area contributed by atoms with Gasteiger partial charge in [-0.25, -0.2) is 0 Å². The number of nitrogens with one attached hydrogen (secondary N) is 1. The molecule has 0 amide bonds. The second kappa shape index (κ2) is 7.90. The first-order valence-corrected chi connectivity index (χ1v) is 8.49. The molecule has 1 aliphatic heterocycles. The summed E-state index contributed by atoms with van der Waals surface area (Å²) in [5, 5.41) is 8.27. The average Bonchev–Trinajstić information content (AvgIpc) is 2.91. The van der Waals surface area contributed by atoms with Crippen LogP contribution in [0.2, 0.25) is 0 Å². The number of nitrogens with zero attached hydrogens (tertiary/aromatic N) is 2. The molecule has 0 spiro atoms. The Balaban J connectivity index is 1.70. The summed E-state index contributed by atoms with van der Waals surface area (Å²) in [5.41, 5.74) is 0. The Labute approximate surface area is 120 Å². The standard InChI is InChI=1S/C14H25N3OS/c1-3-11(2)19-10-13-16-14(18-17-13)8-7-12-6-4-5-9-15-12/h11-12,15H,3-10H2,1-2H3. The Kier molecular flexibility index (Phi) is 6.17. The van der Waals surface area contributed by atoms with Gasteiger partial charge in [0.15, 0.2) is 5.82 Å². The first-order chi connectivity index (χ1) is 9.28. The maximum atomic E-state index is 5.32. The predicted molar refractivity (Wildman–Crippen MR) is 79.3 cm³/mol. The van der Waals surface area contributed by atoms with Crippen molar-refractivity contribution in [2.24, 2.45) is 0 Å². The van der Waals surface area contributed by atoms with Crippen LogP contribution in [0.3, 0.4) is 0 Å². The molecular formula is C14H25N3OS. The van der Waals surface area contributed by atoms with Crippen LogP contribution in [-0.2, 0) is 12.2 Å². The molecule has 0 aliphatic carbocycles. The minimum Gasteiger partial charge on any atom is -0.339 e. The molecule has 1 aromatic heterocycles. The van der Waals surface area contributed by atoms with Crippen molar-refractivity contribution in [3.05, 3.63) is 11.7 Å². The number of aromatic nitrogens is 2. The van der Waals surface area contributed by atoms with Crippen LogP contribution in [0.15, 0.2) is 4.52 Å². The van der Waals surface area contributed by atoms with Crippen molar-refractivity contribution >= 4 is 11.8 Å². The lowest BCUT2D eigenvalue weighted by atomic mass is 10.0. The van der Waals surface area contributed by atoms with Crippen molar-refractivity contribution in [3.63, 3.8) is 0 Å². The van der Waals surface area contributed by atoms with E-state index in [1.165, 1.54) is 25.7 Å². The minimum absolute atomic E-state index is 0.638. The van der Waals surface area contributed by atoms with E-state index in [1.807, 2.05) is 11.8 Å². The molecule has 2 unspecified atom stereocenters. The second-order valence-electron chi connectivity index (χ2n) is 5.32. The highest BCUT2D eigenvalue weighted by Crippen LogP contribution is 2.18. The molecule has 1 aliphatic rings. The summed E-state index contributed by atoms with van der Waals surface area (Å²) < 4.78 is 5.32. The van der Waals surface area contributed by atoms with Gasteiger partial charge in [0, 0.05) is 17.7 Å². The third-order valence-electron chi connectivity index (χ3n) is 3.70. The van der Waals surface area contributed by atoms with E-state index < -0.39 is 0 Å². The first-order valence-electron chi connectivity index (χ1n) is 7.44. The summed E-state index contributed by atoms with van der Waals surface area (Å²) in [6, 6.07) is 0.638. The summed E-state index contributed by atoms with van der Waals surface area (Å²) in [5.74, 6) is 2.50. The predicted octanol–water partition coefficient (Wildman–Crippen LogP) is 3.18. The van der Waals surface area contributed by atoms with Crippen LogP contribution >= 0.6 is 11.8 Å². The van der Waals surface area contributed by atoms with Gasteiger partial charge < -0.3 is 9.84 Å². The lowest BCUT2D eigenvalue weighted by molar-refractivity contribution is 0.341. The van der Waals surface area contributed by atoms with Crippen molar-refractivity contribution < 1.29 is 4.52 Å². The van der Waals surface area contributed by atoms with Gasteiger partial charge in [-0.3, -0.25) is 0 Å². The number of hydrogen-bond donors (Lipinski definition) is 1. The molecule has 2 rings (SSSR count). The summed E-state index contributed by atoms with van der Waals surface area (Å²) >= 11 is 1.89. The molecule has 0 bridgehead atoms. The lowest BCUT2D eigenvalue weighted by Crippen LogP contribution is -2.34. The molecule has 0 aromatic carbocycles. The van der Waals surface area contributed by atoms with E-state index in [0.717, 1.165) is 36.9 Å². The van der Waals surface area contributed by atoms with Crippen molar-refractivity contribution in [1.82, 2.24) is 15.5 Å². The molecule has 19 heavy (non-hydrogen) atoms. The fourth-order valence-electron chi connectivity index (χ4n) is 2.25. The summed E-state index contributed by atoms with van der Waals surface area (Å²) in [6.45, 7) is 5.60. The van der Waals surface area contributed by atoms with Crippen LogP contribution in [0.1, 0.15) is 57.7 Å². The van der Waals surface area contributed by atoms with Crippen molar-refractivity contribution in [1.29, 1.82) is 0 Å². The van der Waals surface area contributed by atoms with Gasteiger partial charge in [0.25, 0.3) is 0 Å². The molecule has 108 valence electrons. The van der Waals surface area contributed by atoms with Gasteiger partial charge in [-0.05, 0) is 32.2 Å². The summed E-state index contributed by atoms with van der Waals surface area (Å²) in [4.78, 5) is 4.47. The van der Waals surface area contributed by atoms with Crippen molar-refractivity contribution in [2.45, 2.75) is 69.4 Å². The van der Waals surface area contributed by atoms with E-state index in [9.17, 15) is 0 Å². The zero-order chi connectivity index (χ0) is 13.5. The van der Waals surface area contributed by atoms with E-state index in [-0.39, 0.29) is 0 Å². The topological polar surface area (TPSA) is 51.0 Å². The van der Waals surface area contributed by atoms with Crippen LogP contribution in [0, 0.1) is 0 Å². The molecule has 1 saturated heterocycles. The molecular weight excluding hydrogens is 258 g/mol. The van der Waals surface area contributed by atoms with Crippen molar-refractivity contribution in [3.8, 4) is 0 Å². The van der Waals surface area contributed by atoms with Crippen LogP contribution in [0.4, 0.5) is 0 Å². The Morgan fingerprint density at radius 1 is 1.47 bits per heavy atom. The molecule has 1 fully saturated rings. The number of thioether (sulfide) groups is 1. The molecule has 2 atom stereocenters. The average molecular weight is 283 g/mol. The maximum Gasteiger partial charge on any atom is 0.226 e. The lowest BCUT2D eigenvalue weighted by Gasteiger charge is -2.22. The van der Waals surface area contributed by atoms with E-state index in [0.29, 0.717) is 11.3 Å². The third kappa shape index (κ3) is 5.15. The highest BCUT2D eigenvalue weighted by Gasteiger charge is 2.14. The van der Waals surface area contributed by atoms with E-state index in [2.05, 4.69) is 29.3 Å². The van der Waals surface area contributed by atoms with E-state index in [1.54, 1.807) is 0 Å². The Morgan fingerprint density at radius 2 is 2.37 bits per heavy atom. The summed E-state index contributed by atoms with van der Waals surface area (Å²) in [7, 11) is 0. The van der Waals surface area contributed by atoms with Gasteiger partial charge in [-0.15, -0.1) is 0 Å². The highest BCUT2D eigenvalue weighted by atomic mass is 32.2. The molecule has 0 saturated carbocycles. The zero-order valence-electron chi connectivity index (χ0n) is 12.0. The first kappa shape index (κ1) is 14.9. The fourth-order valence-corrected chi connectivity index (χ4v) is 3.04. The fraction of sp³-hybridized carbons (Fsp3) is 0.857. The van der Waals surface area contributed by atoms with Crippen molar-refractivity contribution in [2.75, 3.05) is 6.54 Å². The highest BCUT2D eigenvalue weighted by molar-refractivity contribution is 7.99. The molecule has 5 heteroatoms. The van der Waals surface area contributed by atoms with Gasteiger partial charge in [-0.2, -0.15) is 16.7 Å². The van der Waals surface area contributed by atoms with E-state index >= 15 is 0 Å². The minimum atomic E-state index is 0.638. The smallest absolute Gasteiger partial charge is 0.226 e. The SMILES string of the molecule is CCC(C)SCc1noc(CCC2CCCCN2)n1. The molecule has 1 N–H and O–H groups in total. The molecule has 1 aromatic rings. The zero-order valence-corrected chi connectivity index (χ0v) is 12.8. The largest absolute Gasteiger partial charge is 0.339 e. The Hall–Kier alpha value is -0.550. The van der Waals surface area contributed by atoms with Crippen LogP contribution in [0.25, 0.3) is 0 Å². The quantitative estimate of drug-likeness (QED) is 0.833. The maximum absolute atomic E-state index is 5.32. The number of hydrogen-bond acceptors (Lipinski definition) is 5. The molecule has 4 nitrogen and oxygen atoms in total. The Bertz CT molecular complexity index is 363. The van der Waals surface area contributed by atoms with E-state index in [4.69, 9.17) is 4.52 Å². The monoisotopic (exact) mass is 283 g/mol. The molecule has 0 radical (unpaired) electrons. The third-order valence-corrected chi connectivity index (χ3v) is 5.03. The Morgan fingerprint density at radius 3 is 3.11 bits per heavy atom.